The van der Waals surface area contributed by atoms with Crippen molar-refractivity contribution in [3.8, 4) is 0 Å². The Morgan fingerprint density at radius 2 is 2.10 bits per heavy atom. The SMILES string of the molecule is CN=C(NCCS(=O)(=O)NCC1CCC1)N1CCN(c2cnn(C)c2)C(=O)C1.I. The summed E-state index contributed by atoms with van der Waals surface area (Å²) in [5.74, 6) is 0.950. The van der Waals surface area contributed by atoms with Crippen LogP contribution in [0, 0.1) is 5.92 Å². The van der Waals surface area contributed by atoms with Gasteiger partial charge in [-0.3, -0.25) is 14.5 Å². The van der Waals surface area contributed by atoms with Gasteiger partial charge in [-0.1, -0.05) is 6.42 Å². The fraction of sp³-hybridized carbons (Fsp3) is 0.706. The van der Waals surface area contributed by atoms with Crippen LogP contribution in [0.1, 0.15) is 19.3 Å². The second-order valence-electron chi connectivity index (χ2n) is 7.28. The van der Waals surface area contributed by atoms with Gasteiger partial charge < -0.3 is 15.1 Å². The zero-order valence-electron chi connectivity index (χ0n) is 16.9. The number of hydrogen-bond donors (Lipinski definition) is 2. The molecule has 0 unspecified atom stereocenters. The molecule has 1 saturated heterocycles. The fourth-order valence-corrected chi connectivity index (χ4v) is 4.32. The average Bonchev–Trinajstić information content (AvgIpc) is 3.03. The van der Waals surface area contributed by atoms with Gasteiger partial charge in [-0.2, -0.15) is 5.10 Å². The first-order chi connectivity index (χ1) is 13.4. The molecule has 1 amide bonds. The first kappa shape index (κ1) is 23.9. The summed E-state index contributed by atoms with van der Waals surface area (Å²) >= 11 is 0. The highest BCUT2D eigenvalue weighted by Crippen LogP contribution is 2.25. The fourth-order valence-electron chi connectivity index (χ4n) is 3.32. The number of aliphatic imine (C=N–C) groups is 1. The van der Waals surface area contributed by atoms with E-state index >= 15 is 0 Å². The van der Waals surface area contributed by atoms with E-state index in [0.717, 1.165) is 18.5 Å². The van der Waals surface area contributed by atoms with Crippen LogP contribution in [-0.2, 0) is 21.9 Å². The molecule has 0 spiro atoms. The molecule has 1 saturated carbocycles. The highest BCUT2D eigenvalue weighted by atomic mass is 127. The van der Waals surface area contributed by atoms with E-state index in [9.17, 15) is 13.2 Å². The summed E-state index contributed by atoms with van der Waals surface area (Å²) in [6.45, 7) is 2.08. The third kappa shape index (κ3) is 6.54. The maximum atomic E-state index is 12.5. The smallest absolute Gasteiger partial charge is 0.246 e. The van der Waals surface area contributed by atoms with Crippen molar-refractivity contribution in [3.05, 3.63) is 12.4 Å². The molecule has 29 heavy (non-hydrogen) atoms. The van der Waals surface area contributed by atoms with Crippen LogP contribution in [0.4, 0.5) is 5.69 Å². The second kappa shape index (κ2) is 10.6. The molecule has 0 radical (unpaired) electrons. The minimum absolute atomic E-state index is 0. The zero-order valence-corrected chi connectivity index (χ0v) is 20.0. The van der Waals surface area contributed by atoms with E-state index in [0.29, 0.717) is 31.5 Å². The summed E-state index contributed by atoms with van der Waals surface area (Å²) in [7, 11) is 0.128. The largest absolute Gasteiger partial charge is 0.355 e. The summed E-state index contributed by atoms with van der Waals surface area (Å²) in [5.41, 5.74) is 0.777. The number of guanidine groups is 1. The molecule has 0 aromatic carbocycles. The van der Waals surface area contributed by atoms with Gasteiger partial charge in [0.05, 0.1) is 17.6 Å². The number of aryl methyl sites for hydroxylation is 1. The Kier molecular flexibility index (Phi) is 8.70. The first-order valence-corrected chi connectivity index (χ1v) is 11.2. The van der Waals surface area contributed by atoms with E-state index in [4.69, 9.17) is 0 Å². The Balaban J connectivity index is 0.00000300. The van der Waals surface area contributed by atoms with E-state index in [-0.39, 0.29) is 48.7 Å². The molecule has 2 N–H and O–H groups in total. The van der Waals surface area contributed by atoms with Crippen molar-refractivity contribution in [1.29, 1.82) is 0 Å². The molecule has 2 heterocycles. The van der Waals surface area contributed by atoms with E-state index in [1.165, 1.54) is 6.42 Å². The normalized spacial score (nSPS) is 18.4. The van der Waals surface area contributed by atoms with Crippen molar-refractivity contribution in [2.45, 2.75) is 19.3 Å². The molecule has 1 aliphatic carbocycles. The van der Waals surface area contributed by atoms with Gasteiger partial charge in [0.25, 0.3) is 0 Å². The minimum atomic E-state index is -3.31. The molecule has 2 aliphatic rings. The number of hydrogen-bond acceptors (Lipinski definition) is 5. The Morgan fingerprint density at radius 3 is 2.66 bits per heavy atom. The summed E-state index contributed by atoms with van der Waals surface area (Å²) < 4.78 is 28.5. The summed E-state index contributed by atoms with van der Waals surface area (Å²) in [6, 6.07) is 0. The van der Waals surface area contributed by atoms with E-state index in [1.54, 1.807) is 22.8 Å². The average molecular weight is 539 g/mol. The van der Waals surface area contributed by atoms with Gasteiger partial charge in [0, 0.05) is 46.5 Å². The number of sulfonamides is 1. The van der Waals surface area contributed by atoms with Crippen molar-refractivity contribution in [2.75, 3.05) is 50.4 Å². The number of nitrogens with one attached hydrogen (secondary N) is 2. The number of piperazine rings is 1. The number of aromatic nitrogens is 2. The number of amides is 1. The molecule has 10 nitrogen and oxygen atoms in total. The zero-order chi connectivity index (χ0) is 20.1. The van der Waals surface area contributed by atoms with Gasteiger partial charge in [0.1, 0.15) is 6.54 Å². The third-order valence-electron chi connectivity index (χ3n) is 5.21. The highest BCUT2D eigenvalue weighted by Gasteiger charge is 2.28. The van der Waals surface area contributed by atoms with Crippen molar-refractivity contribution in [1.82, 2.24) is 24.7 Å². The number of nitrogens with zero attached hydrogens (tertiary/aromatic N) is 5. The van der Waals surface area contributed by atoms with Crippen LogP contribution in [0.15, 0.2) is 17.4 Å². The number of rotatable bonds is 7. The molecule has 1 aromatic rings. The predicted molar refractivity (Wildman–Crippen MR) is 123 cm³/mol. The van der Waals surface area contributed by atoms with Crippen LogP contribution in [0.2, 0.25) is 0 Å². The Labute approximate surface area is 189 Å². The van der Waals surface area contributed by atoms with Gasteiger partial charge in [-0.25, -0.2) is 13.1 Å². The van der Waals surface area contributed by atoms with Crippen molar-refractivity contribution in [3.63, 3.8) is 0 Å². The van der Waals surface area contributed by atoms with Crippen LogP contribution in [0.3, 0.4) is 0 Å². The molecular formula is C17H30IN7O3S. The van der Waals surface area contributed by atoms with Crippen LogP contribution in [0.25, 0.3) is 0 Å². The minimum Gasteiger partial charge on any atom is -0.355 e. The molecule has 0 bridgehead atoms. The lowest BCUT2D eigenvalue weighted by atomic mass is 9.86. The number of carbonyl (C=O) groups is 1. The highest BCUT2D eigenvalue weighted by molar-refractivity contribution is 14.0. The molecule has 12 heteroatoms. The summed E-state index contributed by atoms with van der Waals surface area (Å²) in [5, 5.41) is 7.16. The first-order valence-electron chi connectivity index (χ1n) is 9.60. The van der Waals surface area contributed by atoms with Gasteiger partial charge in [-0.05, 0) is 18.8 Å². The van der Waals surface area contributed by atoms with E-state index in [1.807, 2.05) is 18.1 Å². The van der Waals surface area contributed by atoms with E-state index in [2.05, 4.69) is 20.1 Å². The molecule has 3 rings (SSSR count). The van der Waals surface area contributed by atoms with Crippen LogP contribution in [0.5, 0.6) is 0 Å². The molecule has 164 valence electrons. The maximum Gasteiger partial charge on any atom is 0.246 e. The van der Waals surface area contributed by atoms with Gasteiger partial charge in [-0.15, -0.1) is 24.0 Å². The van der Waals surface area contributed by atoms with Crippen LogP contribution in [-0.4, -0.2) is 80.5 Å². The molecule has 0 atom stereocenters. The molecular weight excluding hydrogens is 509 g/mol. The predicted octanol–water partition coefficient (Wildman–Crippen LogP) is -0.0184. The molecule has 1 aromatic heterocycles. The van der Waals surface area contributed by atoms with Crippen molar-refractivity contribution >= 4 is 51.6 Å². The van der Waals surface area contributed by atoms with Crippen LogP contribution < -0.4 is 14.9 Å². The topological polar surface area (TPSA) is 112 Å². The number of halogens is 1. The standard InChI is InChI=1S/C17H29N7O3S.HI/c1-18-17(19-6-9-28(26,27)21-10-14-4-3-5-14)23-7-8-24(16(25)13-23)15-11-20-22(2)12-15;/h11-12,14,21H,3-10,13H2,1-2H3,(H,18,19);1H. The second-order valence-corrected chi connectivity index (χ2v) is 9.20. The molecule has 2 fully saturated rings. The maximum absolute atomic E-state index is 12.5. The number of anilines is 1. The van der Waals surface area contributed by atoms with E-state index < -0.39 is 10.0 Å². The van der Waals surface area contributed by atoms with Gasteiger partial charge >= 0.3 is 0 Å². The van der Waals surface area contributed by atoms with Gasteiger partial charge in [0.2, 0.25) is 15.9 Å². The lowest BCUT2D eigenvalue weighted by molar-refractivity contribution is -0.120. The summed E-state index contributed by atoms with van der Waals surface area (Å²) in [4.78, 5) is 20.2. The number of carbonyl (C=O) groups excluding carboxylic acids is 1. The Hall–Kier alpha value is -1.41. The molecule has 1 aliphatic heterocycles. The Morgan fingerprint density at radius 1 is 1.34 bits per heavy atom. The lowest BCUT2D eigenvalue weighted by Crippen LogP contribution is -2.55. The van der Waals surface area contributed by atoms with Gasteiger partial charge in [0.15, 0.2) is 5.96 Å². The lowest BCUT2D eigenvalue weighted by Gasteiger charge is -2.35. The monoisotopic (exact) mass is 539 g/mol. The van der Waals surface area contributed by atoms with Crippen molar-refractivity contribution < 1.29 is 13.2 Å². The van der Waals surface area contributed by atoms with Crippen molar-refractivity contribution in [2.24, 2.45) is 18.0 Å². The summed E-state index contributed by atoms with van der Waals surface area (Å²) in [6.07, 6.45) is 6.88. The Bertz CT molecular complexity index is 823. The van der Waals surface area contributed by atoms with Crippen LogP contribution >= 0.6 is 24.0 Å². The quantitative estimate of drug-likeness (QED) is 0.286. The third-order valence-corrected chi connectivity index (χ3v) is 6.55.